The van der Waals surface area contributed by atoms with E-state index in [4.69, 9.17) is 9.47 Å². The molecule has 1 amide bonds. The molecule has 21 heavy (non-hydrogen) atoms. The maximum Gasteiger partial charge on any atom is 0.350 e. The summed E-state index contributed by atoms with van der Waals surface area (Å²) >= 11 is 0. The van der Waals surface area contributed by atoms with Gasteiger partial charge in [0.15, 0.2) is 11.7 Å². The second kappa shape index (κ2) is 7.06. The van der Waals surface area contributed by atoms with E-state index in [1.54, 1.807) is 6.92 Å². The Bertz CT molecular complexity index is 499. The molecule has 1 N–H and O–H groups in total. The van der Waals surface area contributed by atoms with Gasteiger partial charge in [-0.1, -0.05) is 0 Å². The predicted octanol–water partition coefficient (Wildman–Crippen LogP) is 2.05. The van der Waals surface area contributed by atoms with Gasteiger partial charge in [0.25, 0.3) is 5.91 Å². The molecule has 0 radical (unpaired) electrons. The molecule has 0 bridgehead atoms. The normalized spacial score (nSPS) is 12.4. The molecule has 0 unspecified atom stereocenters. The summed E-state index contributed by atoms with van der Waals surface area (Å²) in [5.74, 6) is -1.11. The largest absolute Gasteiger partial charge is 0.476 e. The quantitative estimate of drug-likeness (QED) is 0.816. The fourth-order valence-corrected chi connectivity index (χ4v) is 1.51. The van der Waals surface area contributed by atoms with Crippen LogP contribution in [0.3, 0.4) is 0 Å². The summed E-state index contributed by atoms with van der Waals surface area (Å²) in [4.78, 5) is 23.6. The lowest BCUT2D eigenvalue weighted by Crippen LogP contribution is -2.44. The zero-order valence-electron chi connectivity index (χ0n) is 12.6. The summed E-state index contributed by atoms with van der Waals surface area (Å²) in [5, 5.41) is 2.56. The van der Waals surface area contributed by atoms with Crippen molar-refractivity contribution in [2.45, 2.75) is 39.4 Å². The van der Waals surface area contributed by atoms with Crippen molar-refractivity contribution in [3.8, 4) is 5.75 Å². The maximum absolute atomic E-state index is 12.8. The number of halogens is 1. The van der Waals surface area contributed by atoms with Gasteiger partial charge in [-0.25, -0.2) is 9.18 Å². The van der Waals surface area contributed by atoms with Crippen molar-refractivity contribution in [1.29, 1.82) is 0 Å². The molecule has 0 aliphatic heterocycles. The molecule has 0 heterocycles. The molecule has 0 aliphatic rings. The van der Waals surface area contributed by atoms with Crippen LogP contribution in [0.25, 0.3) is 0 Å². The second-order valence-corrected chi connectivity index (χ2v) is 5.01. The summed E-state index contributed by atoms with van der Waals surface area (Å²) in [6.07, 6.45) is -0.909. The summed E-state index contributed by atoms with van der Waals surface area (Å²) < 4.78 is 23.4. The number of hydrogen-bond acceptors (Lipinski definition) is 4. The summed E-state index contributed by atoms with van der Waals surface area (Å²) in [6.45, 7) is 6.74. The first-order valence-corrected chi connectivity index (χ1v) is 6.69. The molecule has 0 aromatic heterocycles. The first-order chi connectivity index (χ1) is 9.76. The van der Waals surface area contributed by atoms with Crippen molar-refractivity contribution >= 4 is 11.9 Å². The van der Waals surface area contributed by atoms with E-state index in [-0.39, 0.29) is 5.91 Å². The molecule has 0 fully saturated rings. The highest BCUT2D eigenvalue weighted by atomic mass is 19.1. The summed E-state index contributed by atoms with van der Waals surface area (Å²) in [5.41, 5.74) is -1.29. The Labute approximate surface area is 123 Å². The third-order valence-corrected chi connectivity index (χ3v) is 2.68. The fraction of sp³-hybridized carbons (Fsp3) is 0.467. The minimum Gasteiger partial charge on any atom is -0.476 e. The number of nitrogens with one attached hydrogen (secondary N) is 1. The number of likely N-dealkylation sites (N-methyl/N-ethyl adjacent to an activating group) is 1. The van der Waals surface area contributed by atoms with Crippen LogP contribution in [0.1, 0.15) is 27.7 Å². The van der Waals surface area contributed by atoms with E-state index in [0.29, 0.717) is 12.3 Å². The fourth-order valence-electron chi connectivity index (χ4n) is 1.51. The third kappa shape index (κ3) is 5.06. The van der Waals surface area contributed by atoms with E-state index >= 15 is 0 Å². The standard InChI is InChI=1S/C15H20FNO4/c1-5-17-13(18)10(2)20-14(19)15(3,4)21-12-8-6-11(16)7-9-12/h6-10H,5H2,1-4H3,(H,17,18)/t10-/m1/s1. The predicted molar refractivity (Wildman–Crippen MR) is 75.3 cm³/mol. The van der Waals surface area contributed by atoms with Gasteiger partial charge in [0.2, 0.25) is 0 Å². The van der Waals surface area contributed by atoms with Crippen molar-refractivity contribution in [1.82, 2.24) is 5.32 Å². The molecule has 5 nitrogen and oxygen atoms in total. The van der Waals surface area contributed by atoms with Gasteiger partial charge in [-0.05, 0) is 52.0 Å². The van der Waals surface area contributed by atoms with E-state index < -0.39 is 23.5 Å². The minimum atomic E-state index is -1.29. The third-order valence-electron chi connectivity index (χ3n) is 2.68. The number of rotatable bonds is 6. The SMILES string of the molecule is CCNC(=O)[C@@H](C)OC(=O)C(C)(C)Oc1ccc(F)cc1. The van der Waals surface area contributed by atoms with Gasteiger partial charge >= 0.3 is 5.97 Å². The molecule has 116 valence electrons. The van der Waals surface area contributed by atoms with Gasteiger partial charge in [0.05, 0.1) is 0 Å². The van der Waals surface area contributed by atoms with Gasteiger partial charge in [-0.15, -0.1) is 0 Å². The smallest absolute Gasteiger partial charge is 0.350 e. The summed E-state index contributed by atoms with van der Waals surface area (Å²) in [6, 6.07) is 5.29. The molecule has 1 aromatic carbocycles. The topological polar surface area (TPSA) is 64.6 Å². The van der Waals surface area contributed by atoms with Crippen LogP contribution in [-0.2, 0) is 14.3 Å². The molecule has 1 rings (SSSR count). The average Bonchev–Trinajstić information content (AvgIpc) is 2.41. The first-order valence-electron chi connectivity index (χ1n) is 6.69. The number of esters is 1. The van der Waals surface area contributed by atoms with Crippen LogP contribution >= 0.6 is 0 Å². The zero-order valence-corrected chi connectivity index (χ0v) is 12.6. The van der Waals surface area contributed by atoms with Gasteiger partial charge in [0, 0.05) is 6.54 Å². The van der Waals surface area contributed by atoms with E-state index in [0.717, 1.165) is 0 Å². The summed E-state index contributed by atoms with van der Waals surface area (Å²) in [7, 11) is 0. The van der Waals surface area contributed by atoms with Crippen molar-refractivity contribution in [3.05, 3.63) is 30.1 Å². The van der Waals surface area contributed by atoms with Crippen molar-refractivity contribution < 1.29 is 23.5 Å². The number of ether oxygens (including phenoxy) is 2. The van der Waals surface area contributed by atoms with Crippen molar-refractivity contribution in [2.75, 3.05) is 6.54 Å². The van der Waals surface area contributed by atoms with E-state index in [1.807, 2.05) is 0 Å². The van der Waals surface area contributed by atoms with Crippen LogP contribution in [0.5, 0.6) is 5.75 Å². The van der Waals surface area contributed by atoms with Crippen LogP contribution in [0.2, 0.25) is 0 Å². The lowest BCUT2D eigenvalue weighted by atomic mass is 10.1. The molecule has 1 atom stereocenters. The highest BCUT2D eigenvalue weighted by molar-refractivity contribution is 5.85. The molecular formula is C15H20FNO4. The van der Waals surface area contributed by atoms with Crippen LogP contribution in [0.15, 0.2) is 24.3 Å². The minimum absolute atomic E-state index is 0.337. The van der Waals surface area contributed by atoms with Crippen molar-refractivity contribution in [2.24, 2.45) is 0 Å². The van der Waals surface area contributed by atoms with Crippen molar-refractivity contribution in [3.63, 3.8) is 0 Å². The molecule has 0 saturated carbocycles. The monoisotopic (exact) mass is 297 g/mol. The Hall–Kier alpha value is -2.11. The number of carbonyl (C=O) groups excluding carboxylic acids is 2. The van der Waals surface area contributed by atoms with E-state index in [9.17, 15) is 14.0 Å². The number of amides is 1. The molecule has 6 heteroatoms. The zero-order chi connectivity index (χ0) is 16.0. The Kier molecular flexibility index (Phi) is 5.69. The van der Waals surface area contributed by atoms with Crippen LogP contribution in [-0.4, -0.2) is 30.1 Å². The highest BCUT2D eigenvalue weighted by Gasteiger charge is 2.34. The Balaban J connectivity index is 2.66. The number of hydrogen-bond donors (Lipinski definition) is 1. The maximum atomic E-state index is 12.8. The lowest BCUT2D eigenvalue weighted by molar-refractivity contribution is -0.167. The molecule has 0 saturated heterocycles. The number of carbonyl (C=O) groups is 2. The van der Waals surface area contributed by atoms with Gasteiger partial charge in [0.1, 0.15) is 11.6 Å². The van der Waals surface area contributed by atoms with Gasteiger partial charge in [-0.2, -0.15) is 0 Å². The molecule has 1 aromatic rings. The Morgan fingerprint density at radius 2 is 1.86 bits per heavy atom. The molecular weight excluding hydrogens is 277 g/mol. The Morgan fingerprint density at radius 3 is 2.38 bits per heavy atom. The first kappa shape index (κ1) is 16.9. The van der Waals surface area contributed by atoms with Crippen LogP contribution in [0, 0.1) is 5.82 Å². The Morgan fingerprint density at radius 1 is 1.29 bits per heavy atom. The number of benzene rings is 1. The van der Waals surface area contributed by atoms with E-state index in [1.165, 1.54) is 45.0 Å². The molecule has 0 aliphatic carbocycles. The molecule has 0 spiro atoms. The second-order valence-electron chi connectivity index (χ2n) is 5.01. The average molecular weight is 297 g/mol. The van der Waals surface area contributed by atoms with Gasteiger partial charge in [-0.3, -0.25) is 4.79 Å². The van der Waals surface area contributed by atoms with Crippen LogP contribution < -0.4 is 10.1 Å². The highest BCUT2D eigenvalue weighted by Crippen LogP contribution is 2.20. The lowest BCUT2D eigenvalue weighted by Gasteiger charge is -2.25. The van der Waals surface area contributed by atoms with E-state index in [2.05, 4.69) is 5.32 Å². The van der Waals surface area contributed by atoms with Gasteiger partial charge < -0.3 is 14.8 Å². The van der Waals surface area contributed by atoms with Crippen LogP contribution in [0.4, 0.5) is 4.39 Å².